The largest absolute Gasteiger partial charge is 0.369 e. The van der Waals surface area contributed by atoms with Gasteiger partial charge in [-0.1, -0.05) is 50.2 Å². The molecule has 0 bridgehead atoms. The van der Waals surface area contributed by atoms with E-state index < -0.39 is 0 Å². The third-order valence-electron chi connectivity index (χ3n) is 4.74. The molecule has 1 aliphatic heterocycles. The second-order valence-corrected chi connectivity index (χ2v) is 7.02. The fourth-order valence-electron chi connectivity index (χ4n) is 3.31. The quantitative estimate of drug-likeness (QED) is 0.865. The lowest BCUT2D eigenvalue weighted by atomic mass is 10.1. The number of piperazine rings is 1. The van der Waals surface area contributed by atoms with Crippen molar-refractivity contribution in [1.82, 2.24) is 10.2 Å². The Morgan fingerprint density at radius 2 is 1.68 bits per heavy atom. The summed E-state index contributed by atoms with van der Waals surface area (Å²) in [5, 5.41) is 3.35. The van der Waals surface area contributed by atoms with Crippen molar-refractivity contribution in [2.24, 2.45) is 0 Å². The van der Waals surface area contributed by atoms with Crippen molar-refractivity contribution < 1.29 is 4.39 Å². The normalized spacial score (nSPS) is 15.8. The number of nitrogens with one attached hydrogen (secondary N) is 1. The van der Waals surface area contributed by atoms with Gasteiger partial charge in [0.1, 0.15) is 5.82 Å². The van der Waals surface area contributed by atoms with Crippen LogP contribution in [0.3, 0.4) is 0 Å². The number of halogens is 1. The second-order valence-electron chi connectivity index (χ2n) is 7.02. The van der Waals surface area contributed by atoms with E-state index in [2.05, 4.69) is 59.3 Å². The molecule has 1 heterocycles. The fraction of sp³-hybridized carbons (Fsp3) is 0.429. The average Bonchev–Trinajstić information content (AvgIpc) is 2.62. The first-order valence-electron chi connectivity index (χ1n) is 9.15. The topological polar surface area (TPSA) is 18.5 Å². The van der Waals surface area contributed by atoms with Crippen LogP contribution in [0.5, 0.6) is 0 Å². The molecule has 25 heavy (non-hydrogen) atoms. The van der Waals surface area contributed by atoms with Gasteiger partial charge in [-0.15, -0.1) is 0 Å². The Bertz CT molecular complexity index is 664. The molecule has 4 heteroatoms. The van der Waals surface area contributed by atoms with Gasteiger partial charge in [0.2, 0.25) is 0 Å². The van der Waals surface area contributed by atoms with Crippen molar-refractivity contribution in [1.29, 1.82) is 0 Å². The average molecular weight is 341 g/mol. The molecule has 0 aliphatic carbocycles. The summed E-state index contributed by atoms with van der Waals surface area (Å²) >= 11 is 0. The van der Waals surface area contributed by atoms with Crippen LogP contribution < -0.4 is 10.2 Å². The van der Waals surface area contributed by atoms with E-state index in [1.807, 2.05) is 12.1 Å². The van der Waals surface area contributed by atoms with E-state index in [9.17, 15) is 4.39 Å². The van der Waals surface area contributed by atoms with Gasteiger partial charge in [0.15, 0.2) is 0 Å². The zero-order chi connectivity index (χ0) is 17.6. The lowest BCUT2D eigenvalue weighted by Crippen LogP contribution is -2.46. The van der Waals surface area contributed by atoms with Gasteiger partial charge in [-0.3, -0.25) is 4.90 Å². The Labute approximate surface area is 150 Å². The Balaban J connectivity index is 1.63. The van der Waals surface area contributed by atoms with Crippen LogP contribution in [0.4, 0.5) is 10.1 Å². The van der Waals surface area contributed by atoms with E-state index in [0.717, 1.165) is 44.0 Å². The van der Waals surface area contributed by atoms with Crippen LogP contribution in [0, 0.1) is 5.82 Å². The van der Waals surface area contributed by atoms with Gasteiger partial charge < -0.3 is 10.2 Å². The first-order valence-corrected chi connectivity index (χ1v) is 9.15. The maximum atomic E-state index is 14.3. The molecule has 0 atom stereocenters. The molecule has 2 aromatic carbocycles. The highest BCUT2D eigenvalue weighted by Crippen LogP contribution is 2.25. The number of rotatable bonds is 6. The monoisotopic (exact) mass is 341 g/mol. The van der Waals surface area contributed by atoms with Crippen molar-refractivity contribution >= 4 is 5.69 Å². The van der Waals surface area contributed by atoms with E-state index in [0.29, 0.717) is 12.6 Å². The molecule has 3 rings (SSSR count). The summed E-state index contributed by atoms with van der Waals surface area (Å²) in [5.41, 5.74) is 3.17. The number of anilines is 1. The third-order valence-corrected chi connectivity index (χ3v) is 4.74. The van der Waals surface area contributed by atoms with Crippen LogP contribution >= 0.6 is 0 Å². The first-order chi connectivity index (χ1) is 12.1. The standard InChI is InChI=1S/C21H28FN3/c1-17(2)23-15-19-20(22)9-6-10-21(19)25-13-11-24(12-14-25)16-18-7-4-3-5-8-18/h3-10,17,23H,11-16H2,1-2H3. The van der Waals surface area contributed by atoms with Gasteiger partial charge in [-0.2, -0.15) is 0 Å². The zero-order valence-corrected chi connectivity index (χ0v) is 15.2. The fourth-order valence-corrected chi connectivity index (χ4v) is 3.31. The SMILES string of the molecule is CC(C)NCc1c(F)cccc1N1CCN(Cc2ccccc2)CC1. The van der Waals surface area contributed by atoms with E-state index in [1.165, 1.54) is 5.56 Å². The smallest absolute Gasteiger partial charge is 0.129 e. The molecular formula is C21H28FN3. The lowest BCUT2D eigenvalue weighted by molar-refractivity contribution is 0.249. The molecule has 1 aliphatic rings. The molecule has 1 N–H and O–H groups in total. The van der Waals surface area contributed by atoms with Crippen molar-refractivity contribution in [3.63, 3.8) is 0 Å². The van der Waals surface area contributed by atoms with Crippen LogP contribution in [-0.2, 0) is 13.1 Å². The summed E-state index contributed by atoms with van der Waals surface area (Å²) in [6.07, 6.45) is 0. The molecule has 0 unspecified atom stereocenters. The predicted octanol–water partition coefficient (Wildman–Crippen LogP) is 3.65. The van der Waals surface area contributed by atoms with E-state index in [-0.39, 0.29) is 5.82 Å². The summed E-state index contributed by atoms with van der Waals surface area (Å²) in [7, 11) is 0. The molecule has 1 saturated heterocycles. The van der Waals surface area contributed by atoms with Gasteiger partial charge in [-0.25, -0.2) is 4.39 Å². The molecular weight excluding hydrogens is 313 g/mol. The molecule has 3 nitrogen and oxygen atoms in total. The summed E-state index contributed by atoms with van der Waals surface area (Å²) in [6.45, 7) is 9.61. The Hall–Kier alpha value is -1.91. The first kappa shape index (κ1) is 17.9. The minimum atomic E-state index is -0.114. The number of nitrogens with zero attached hydrogens (tertiary/aromatic N) is 2. The third kappa shape index (κ3) is 4.80. The highest BCUT2D eigenvalue weighted by molar-refractivity contribution is 5.54. The van der Waals surface area contributed by atoms with Crippen LogP contribution in [0.15, 0.2) is 48.5 Å². The van der Waals surface area contributed by atoms with Gasteiger partial charge in [-0.05, 0) is 17.7 Å². The minimum Gasteiger partial charge on any atom is -0.369 e. The summed E-state index contributed by atoms with van der Waals surface area (Å²) in [4.78, 5) is 4.79. The Morgan fingerprint density at radius 1 is 0.960 bits per heavy atom. The molecule has 0 aromatic heterocycles. The maximum absolute atomic E-state index is 14.3. The Morgan fingerprint density at radius 3 is 2.36 bits per heavy atom. The summed E-state index contributed by atoms with van der Waals surface area (Å²) in [5.74, 6) is -0.114. The van der Waals surface area contributed by atoms with Gasteiger partial charge in [0, 0.05) is 56.6 Å². The number of benzene rings is 2. The Kier molecular flexibility index (Phi) is 6.05. The van der Waals surface area contributed by atoms with Crippen LogP contribution in [-0.4, -0.2) is 37.1 Å². The highest BCUT2D eigenvalue weighted by atomic mass is 19.1. The highest BCUT2D eigenvalue weighted by Gasteiger charge is 2.20. The van der Waals surface area contributed by atoms with E-state index in [4.69, 9.17) is 0 Å². The minimum absolute atomic E-state index is 0.114. The number of hydrogen-bond donors (Lipinski definition) is 1. The predicted molar refractivity (Wildman–Crippen MR) is 102 cm³/mol. The molecule has 1 fully saturated rings. The molecule has 2 aromatic rings. The van der Waals surface area contributed by atoms with Crippen molar-refractivity contribution in [3.05, 3.63) is 65.5 Å². The lowest BCUT2D eigenvalue weighted by Gasteiger charge is -2.37. The summed E-state index contributed by atoms with van der Waals surface area (Å²) < 4.78 is 14.3. The molecule has 0 saturated carbocycles. The van der Waals surface area contributed by atoms with Gasteiger partial charge in [0.05, 0.1) is 0 Å². The molecule has 0 radical (unpaired) electrons. The van der Waals surface area contributed by atoms with Crippen LogP contribution in [0.25, 0.3) is 0 Å². The van der Waals surface area contributed by atoms with Crippen LogP contribution in [0.1, 0.15) is 25.0 Å². The molecule has 0 spiro atoms. The molecule has 134 valence electrons. The van der Waals surface area contributed by atoms with E-state index in [1.54, 1.807) is 6.07 Å². The zero-order valence-electron chi connectivity index (χ0n) is 15.2. The molecule has 0 amide bonds. The van der Waals surface area contributed by atoms with E-state index >= 15 is 0 Å². The summed E-state index contributed by atoms with van der Waals surface area (Å²) in [6, 6.07) is 16.4. The van der Waals surface area contributed by atoms with Gasteiger partial charge in [0.25, 0.3) is 0 Å². The van der Waals surface area contributed by atoms with Crippen LogP contribution in [0.2, 0.25) is 0 Å². The second kappa shape index (κ2) is 8.45. The van der Waals surface area contributed by atoms with Crippen molar-refractivity contribution in [2.45, 2.75) is 33.0 Å². The van der Waals surface area contributed by atoms with Crippen molar-refractivity contribution in [3.8, 4) is 0 Å². The van der Waals surface area contributed by atoms with Crippen molar-refractivity contribution in [2.75, 3.05) is 31.1 Å². The maximum Gasteiger partial charge on any atom is 0.129 e. The number of hydrogen-bond acceptors (Lipinski definition) is 3. The van der Waals surface area contributed by atoms with Gasteiger partial charge >= 0.3 is 0 Å².